The topological polar surface area (TPSA) is 78.9 Å². The summed E-state index contributed by atoms with van der Waals surface area (Å²) in [7, 11) is 0. The summed E-state index contributed by atoms with van der Waals surface area (Å²) in [6, 6.07) is 0. The highest BCUT2D eigenvalue weighted by Crippen LogP contribution is 2.10. The van der Waals surface area contributed by atoms with Gasteiger partial charge in [0.05, 0.1) is 0 Å². The summed E-state index contributed by atoms with van der Waals surface area (Å²) < 4.78 is 16.7. The molecule has 1 atom stereocenters. The fourth-order valence-electron chi connectivity index (χ4n) is 7.10. The van der Waals surface area contributed by atoms with Gasteiger partial charge in [-0.3, -0.25) is 14.4 Å². The van der Waals surface area contributed by atoms with Crippen molar-refractivity contribution in [3.8, 4) is 0 Å². The van der Waals surface area contributed by atoms with Gasteiger partial charge in [-0.1, -0.05) is 224 Å². The molecule has 0 fully saturated rings. The number of rotatable bonds is 50. The third-order valence-corrected chi connectivity index (χ3v) is 11.5. The zero-order chi connectivity index (χ0) is 52.9. The van der Waals surface area contributed by atoms with Gasteiger partial charge in [-0.05, 0) is 141 Å². The van der Waals surface area contributed by atoms with E-state index in [2.05, 4.69) is 167 Å². The van der Waals surface area contributed by atoms with Crippen LogP contribution in [-0.4, -0.2) is 37.2 Å². The lowest BCUT2D eigenvalue weighted by atomic mass is 10.1. The van der Waals surface area contributed by atoms with Gasteiger partial charge in [0.1, 0.15) is 13.2 Å². The Labute approximate surface area is 448 Å². The number of hydrogen-bond donors (Lipinski definition) is 0. The first kappa shape index (κ1) is 68.0. The lowest BCUT2D eigenvalue weighted by Gasteiger charge is -2.18. The lowest BCUT2D eigenvalue weighted by Crippen LogP contribution is -2.30. The molecule has 0 rings (SSSR count). The Bertz CT molecular complexity index is 1670. The second-order valence-corrected chi connectivity index (χ2v) is 18.5. The maximum absolute atomic E-state index is 12.8. The second kappa shape index (κ2) is 59.6. The average molecular weight is 1010 g/mol. The van der Waals surface area contributed by atoms with Crippen LogP contribution in [0.5, 0.6) is 0 Å². The zero-order valence-corrected chi connectivity index (χ0v) is 46.6. The van der Waals surface area contributed by atoms with Gasteiger partial charge < -0.3 is 14.2 Å². The molecule has 6 heteroatoms. The van der Waals surface area contributed by atoms with Crippen LogP contribution in [0.2, 0.25) is 0 Å². The van der Waals surface area contributed by atoms with E-state index >= 15 is 0 Å². The number of carbonyl (C=O) groups is 3. The Balaban J connectivity index is 4.67. The molecule has 0 aliphatic heterocycles. The molecule has 0 saturated carbocycles. The van der Waals surface area contributed by atoms with Gasteiger partial charge in [0, 0.05) is 19.3 Å². The molecule has 0 aromatic heterocycles. The highest BCUT2D eigenvalue weighted by atomic mass is 16.6. The smallest absolute Gasteiger partial charge is 0.306 e. The van der Waals surface area contributed by atoms with E-state index in [1.54, 1.807) is 0 Å². The molecule has 408 valence electrons. The summed E-state index contributed by atoms with van der Waals surface area (Å²) in [5.74, 6) is -1.13. The number of unbranched alkanes of at least 4 members (excludes halogenated alkanes) is 13. The normalized spacial score (nSPS) is 13.3. The second-order valence-electron chi connectivity index (χ2n) is 18.5. The predicted octanol–water partition coefficient (Wildman–Crippen LogP) is 19.8. The van der Waals surface area contributed by atoms with Gasteiger partial charge in [-0.2, -0.15) is 0 Å². The molecule has 0 radical (unpaired) electrons. The molecular formula is C67H104O6. The third-order valence-electron chi connectivity index (χ3n) is 11.5. The van der Waals surface area contributed by atoms with Crippen LogP contribution in [0.4, 0.5) is 0 Å². The van der Waals surface area contributed by atoms with Crippen LogP contribution >= 0.6 is 0 Å². The first-order valence-electron chi connectivity index (χ1n) is 29.0. The van der Waals surface area contributed by atoms with Crippen LogP contribution in [0.25, 0.3) is 0 Å². The van der Waals surface area contributed by atoms with Crippen molar-refractivity contribution in [1.29, 1.82) is 0 Å². The van der Waals surface area contributed by atoms with Gasteiger partial charge in [0.15, 0.2) is 6.10 Å². The Hall–Kier alpha value is -4.97. The summed E-state index contributed by atoms with van der Waals surface area (Å²) in [4.78, 5) is 38.1. The van der Waals surface area contributed by atoms with E-state index in [-0.39, 0.29) is 44.4 Å². The van der Waals surface area contributed by atoms with Crippen LogP contribution in [0.15, 0.2) is 158 Å². The van der Waals surface area contributed by atoms with Crippen molar-refractivity contribution in [2.75, 3.05) is 13.2 Å². The molecule has 0 unspecified atom stereocenters. The van der Waals surface area contributed by atoms with Crippen molar-refractivity contribution in [1.82, 2.24) is 0 Å². The van der Waals surface area contributed by atoms with E-state index < -0.39 is 12.1 Å². The SMILES string of the molecule is CCCCC/C=C\C/C=C\C/C=C\C/C=C\C/C=C\CCC(=O)OC[C@H](COC(=O)CCCCC/C=C\C/C=C\C/C=C\C/C=C\CCCCC)OC(=O)CCC/C=C\C/C=C\C/C=C\C/C=C\CCCCC. The first-order chi connectivity index (χ1) is 36.0. The monoisotopic (exact) mass is 1000 g/mol. The standard InChI is InChI=1S/C67H104O6/c1-4-7-10-13-16-19-22-25-28-31-33-36-38-41-44-47-50-53-56-59-65(68)71-62-64(73-67(70)61-58-55-52-49-46-43-40-35-30-27-24-21-18-15-12-9-6-3)63-72-66(69)60-57-54-51-48-45-42-39-37-34-32-29-26-23-20-17-14-11-8-5-2/h16-21,25-30,33-34,36-37,40-45,49-50,52-53,64H,4-15,22-24,31-32,35,38-39,46-48,51,54-63H2,1-3H3/b19-16-,20-17-,21-18-,28-25-,29-26-,30-27-,36-33-,37-34-,43-40-,44-41-,45-42-,52-49-,53-50-/t64-/m1/s1. The highest BCUT2D eigenvalue weighted by Gasteiger charge is 2.19. The Kier molecular flexibility index (Phi) is 55.5. The first-order valence-corrected chi connectivity index (χ1v) is 29.0. The van der Waals surface area contributed by atoms with Crippen LogP contribution < -0.4 is 0 Å². The minimum Gasteiger partial charge on any atom is -0.462 e. The Morgan fingerprint density at radius 2 is 0.534 bits per heavy atom. The minimum atomic E-state index is -0.859. The molecule has 0 bridgehead atoms. The number of esters is 3. The molecule has 6 nitrogen and oxygen atoms in total. The predicted molar refractivity (Wildman–Crippen MR) is 315 cm³/mol. The van der Waals surface area contributed by atoms with E-state index in [1.807, 2.05) is 12.2 Å². The largest absolute Gasteiger partial charge is 0.462 e. The van der Waals surface area contributed by atoms with Gasteiger partial charge >= 0.3 is 17.9 Å². The molecule has 0 amide bonds. The molecule has 0 saturated heterocycles. The Morgan fingerprint density at radius 1 is 0.274 bits per heavy atom. The summed E-state index contributed by atoms with van der Waals surface area (Å²) in [6.45, 7) is 6.40. The number of carbonyl (C=O) groups excluding carboxylic acids is 3. The molecule has 73 heavy (non-hydrogen) atoms. The summed E-state index contributed by atoms with van der Waals surface area (Å²) in [5.41, 5.74) is 0. The van der Waals surface area contributed by atoms with Crippen molar-refractivity contribution >= 4 is 17.9 Å². The fourth-order valence-corrected chi connectivity index (χ4v) is 7.10. The lowest BCUT2D eigenvalue weighted by molar-refractivity contribution is -0.166. The van der Waals surface area contributed by atoms with E-state index in [0.29, 0.717) is 12.8 Å². The molecule has 0 heterocycles. The number of allylic oxidation sites excluding steroid dienone is 26. The van der Waals surface area contributed by atoms with Crippen LogP contribution in [0, 0.1) is 0 Å². The molecule has 0 aromatic rings. The molecule has 0 aromatic carbocycles. The van der Waals surface area contributed by atoms with E-state index in [4.69, 9.17) is 14.2 Å². The van der Waals surface area contributed by atoms with Gasteiger partial charge in [0.2, 0.25) is 0 Å². The van der Waals surface area contributed by atoms with Crippen LogP contribution in [-0.2, 0) is 28.6 Å². The molecule has 0 spiro atoms. The van der Waals surface area contributed by atoms with Crippen LogP contribution in [0.1, 0.15) is 226 Å². The maximum atomic E-state index is 12.8. The molecular weight excluding hydrogens is 901 g/mol. The Morgan fingerprint density at radius 3 is 0.863 bits per heavy atom. The number of hydrogen-bond acceptors (Lipinski definition) is 6. The molecule has 0 aliphatic rings. The van der Waals surface area contributed by atoms with Crippen molar-refractivity contribution in [3.63, 3.8) is 0 Å². The zero-order valence-electron chi connectivity index (χ0n) is 46.6. The minimum absolute atomic E-state index is 0.147. The van der Waals surface area contributed by atoms with E-state index in [1.165, 1.54) is 77.0 Å². The third kappa shape index (κ3) is 57.8. The summed E-state index contributed by atoms with van der Waals surface area (Å²) in [5, 5.41) is 0. The van der Waals surface area contributed by atoms with Crippen molar-refractivity contribution in [3.05, 3.63) is 158 Å². The van der Waals surface area contributed by atoms with Gasteiger partial charge in [-0.25, -0.2) is 0 Å². The molecule has 0 N–H and O–H groups in total. The van der Waals surface area contributed by atoms with E-state index in [0.717, 1.165) is 96.3 Å². The quantitative estimate of drug-likeness (QED) is 0.0261. The number of ether oxygens (including phenoxy) is 3. The van der Waals surface area contributed by atoms with Crippen LogP contribution in [0.3, 0.4) is 0 Å². The van der Waals surface area contributed by atoms with E-state index in [9.17, 15) is 14.4 Å². The van der Waals surface area contributed by atoms with Gasteiger partial charge in [0.25, 0.3) is 0 Å². The fraction of sp³-hybridized carbons (Fsp3) is 0.567. The maximum Gasteiger partial charge on any atom is 0.306 e. The molecule has 0 aliphatic carbocycles. The van der Waals surface area contributed by atoms with Gasteiger partial charge in [-0.15, -0.1) is 0 Å². The van der Waals surface area contributed by atoms with Crippen molar-refractivity contribution in [2.45, 2.75) is 232 Å². The van der Waals surface area contributed by atoms with Crippen molar-refractivity contribution < 1.29 is 28.6 Å². The summed E-state index contributed by atoms with van der Waals surface area (Å²) in [6.07, 6.45) is 86.7. The highest BCUT2D eigenvalue weighted by molar-refractivity contribution is 5.71. The average Bonchev–Trinajstić information content (AvgIpc) is 3.39. The summed E-state index contributed by atoms with van der Waals surface area (Å²) >= 11 is 0. The van der Waals surface area contributed by atoms with Crippen molar-refractivity contribution in [2.24, 2.45) is 0 Å².